The molecule has 0 saturated carbocycles. The van der Waals surface area contributed by atoms with Crippen molar-refractivity contribution in [3.05, 3.63) is 59.2 Å². The average molecular weight is 350 g/mol. The van der Waals surface area contributed by atoms with E-state index < -0.39 is 6.10 Å². The number of nitrogens with zero attached hydrogens (tertiary/aromatic N) is 2. The van der Waals surface area contributed by atoms with Gasteiger partial charge in [0.1, 0.15) is 23.4 Å². The molecule has 0 fully saturated rings. The number of aliphatic hydroxyl groups is 1. The summed E-state index contributed by atoms with van der Waals surface area (Å²) in [7, 11) is 3.27. The Hall–Kier alpha value is -2.79. The lowest BCUT2D eigenvalue weighted by atomic mass is 9.95. The number of anilines is 1. The van der Waals surface area contributed by atoms with Crippen LogP contribution in [0, 0.1) is 6.92 Å². The molecule has 2 heterocycles. The number of benzene rings is 2. The molecule has 1 unspecified atom stereocenters. The van der Waals surface area contributed by atoms with Crippen LogP contribution in [0.3, 0.4) is 0 Å². The second kappa shape index (κ2) is 6.50. The fourth-order valence-corrected chi connectivity index (χ4v) is 3.74. The molecular formula is C21H22N2O3. The van der Waals surface area contributed by atoms with Crippen molar-refractivity contribution in [3.63, 3.8) is 0 Å². The van der Waals surface area contributed by atoms with Crippen molar-refractivity contribution in [3.8, 4) is 11.5 Å². The largest absolute Gasteiger partial charge is 0.496 e. The number of hydrogen-bond donors (Lipinski definition) is 1. The number of hydrogen-bond acceptors (Lipinski definition) is 5. The van der Waals surface area contributed by atoms with Crippen LogP contribution in [-0.4, -0.2) is 30.9 Å². The Balaban J connectivity index is 1.80. The zero-order valence-electron chi connectivity index (χ0n) is 15.2. The number of aliphatic hydroxyl groups excluding tert-OH is 1. The van der Waals surface area contributed by atoms with Gasteiger partial charge in [0.2, 0.25) is 0 Å². The fraction of sp³-hybridized carbons (Fsp3) is 0.286. The quantitative estimate of drug-likeness (QED) is 0.782. The predicted molar refractivity (Wildman–Crippen MR) is 102 cm³/mol. The molecule has 1 aliphatic heterocycles. The number of para-hydroxylation sites is 1. The number of aryl methyl sites for hydroxylation is 1. The van der Waals surface area contributed by atoms with E-state index in [2.05, 4.69) is 24.0 Å². The third-order valence-electron chi connectivity index (χ3n) is 5.02. The van der Waals surface area contributed by atoms with Crippen molar-refractivity contribution in [2.45, 2.75) is 19.6 Å². The minimum atomic E-state index is -0.669. The molecule has 0 saturated heterocycles. The van der Waals surface area contributed by atoms with Crippen LogP contribution in [0.4, 0.5) is 5.82 Å². The maximum Gasteiger partial charge on any atom is 0.129 e. The van der Waals surface area contributed by atoms with Gasteiger partial charge in [0, 0.05) is 23.1 Å². The van der Waals surface area contributed by atoms with E-state index in [1.807, 2.05) is 30.3 Å². The monoisotopic (exact) mass is 350 g/mol. The molecule has 1 N–H and O–H groups in total. The van der Waals surface area contributed by atoms with Crippen molar-refractivity contribution >= 4 is 16.7 Å². The zero-order chi connectivity index (χ0) is 18.3. The molecule has 5 heteroatoms. The van der Waals surface area contributed by atoms with Gasteiger partial charge >= 0.3 is 0 Å². The Labute approximate surface area is 152 Å². The lowest BCUT2D eigenvalue weighted by molar-refractivity contribution is 0.169. The normalized spacial score (nSPS) is 16.5. The van der Waals surface area contributed by atoms with E-state index in [1.54, 1.807) is 14.2 Å². The van der Waals surface area contributed by atoms with Gasteiger partial charge < -0.3 is 19.5 Å². The number of fused-ring (bicyclic) bond motifs is 2. The van der Waals surface area contributed by atoms with Gasteiger partial charge in [-0.1, -0.05) is 18.2 Å². The number of aromatic nitrogens is 1. The minimum absolute atomic E-state index is 0.460. The third kappa shape index (κ3) is 2.65. The van der Waals surface area contributed by atoms with E-state index in [0.717, 1.165) is 33.6 Å². The van der Waals surface area contributed by atoms with Crippen molar-refractivity contribution in [1.29, 1.82) is 0 Å². The van der Waals surface area contributed by atoms with Crippen LogP contribution in [0.15, 0.2) is 42.5 Å². The highest BCUT2D eigenvalue weighted by molar-refractivity contribution is 5.84. The van der Waals surface area contributed by atoms with Crippen molar-refractivity contribution < 1.29 is 14.6 Å². The molecular weight excluding hydrogens is 328 g/mol. The van der Waals surface area contributed by atoms with Crippen LogP contribution < -0.4 is 14.4 Å². The van der Waals surface area contributed by atoms with Crippen LogP contribution in [0.1, 0.15) is 22.8 Å². The van der Waals surface area contributed by atoms with Crippen LogP contribution in [0.25, 0.3) is 10.9 Å². The summed E-state index contributed by atoms with van der Waals surface area (Å²) in [5.74, 6) is 2.30. The first-order valence-corrected chi connectivity index (χ1v) is 8.65. The van der Waals surface area contributed by atoms with Crippen LogP contribution in [-0.2, 0) is 6.54 Å². The van der Waals surface area contributed by atoms with E-state index >= 15 is 0 Å². The molecule has 3 aromatic rings. The van der Waals surface area contributed by atoms with Gasteiger partial charge in [-0.25, -0.2) is 4.98 Å². The standard InChI is InChI=1S/C21H22N2O3/c1-13-10-20(22-16-7-5-4-6-14(13)16)23-11-15-18(25-2)8-9-19(26-3)21(15)17(24)12-23/h4-10,17,24H,11-12H2,1-3H3. The highest BCUT2D eigenvalue weighted by Crippen LogP contribution is 2.40. The summed E-state index contributed by atoms with van der Waals surface area (Å²) >= 11 is 0. The van der Waals surface area contributed by atoms with Crippen LogP contribution in [0.2, 0.25) is 0 Å². The number of ether oxygens (including phenoxy) is 2. The molecule has 134 valence electrons. The molecule has 1 aromatic heterocycles. The molecule has 4 rings (SSSR count). The van der Waals surface area contributed by atoms with Crippen molar-refractivity contribution in [2.75, 3.05) is 25.7 Å². The number of pyridine rings is 1. The first kappa shape index (κ1) is 16.7. The highest BCUT2D eigenvalue weighted by Gasteiger charge is 2.30. The molecule has 0 radical (unpaired) electrons. The Morgan fingerprint density at radius 3 is 2.58 bits per heavy atom. The Morgan fingerprint density at radius 2 is 1.81 bits per heavy atom. The third-order valence-corrected chi connectivity index (χ3v) is 5.02. The van der Waals surface area contributed by atoms with Gasteiger partial charge in [-0.05, 0) is 36.8 Å². The highest BCUT2D eigenvalue weighted by atomic mass is 16.5. The molecule has 0 spiro atoms. The topological polar surface area (TPSA) is 54.8 Å². The summed E-state index contributed by atoms with van der Waals surface area (Å²) in [5.41, 5.74) is 3.88. The van der Waals surface area contributed by atoms with E-state index in [1.165, 1.54) is 5.56 Å². The summed E-state index contributed by atoms with van der Waals surface area (Å²) in [4.78, 5) is 6.90. The van der Waals surface area contributed by atoms with Gasteiger partial charge in [-0.2, -0.15) is 0 Å². The maximum absolute atomic E-state index is 10.8. The SMILES string of the molecule is COc1ccc(OC)c2c1CN(c1cc(C)c3ccccc3n1)CC2O. The summed E-state index contributed by atoms with van der Waals surface area (Å²) < 4.78 is 11.0. The van der Waals surface area contributed by atoms with Gasteiger partial charge in [0.05, 0.1) is 26.3 Å². The van der Waals surface area contributed by atoms with Crippen molar-refractivity contribution in [1.82, 2.24) is 4.98 Å². The van der Waals surface area contributed by atoms with E-state index in [0.29, 0.717) is 18.8 Å². The second-order valence-corrected chi connectivity index (χ2v) is 6.57. The number of rotatable bonds is 3. The minimum Gasteiger partial charge on any atom is -0.496 e. The number of methoxy groups -OCH3 is 2. The van der Waals surface area contributed by atoms with E-state index in [9.17, 15) is 5.11 Å². The average Bonchev–Trinajstić information content (AvgIpc) is 2.67. The number of β-amino-alcohol motifs (C(OH)–C–C–N with tert-alkyl or cyclic N) is 1. The summed E-state index contributed by atoms with van der Waals surface area (Å²) in [5, 5.41) is 11.9. The van der Waals surface area contributed by atoms with Crippen LogP contribution >= 0.6 is 0 Å². The molecule has 0 aliphatic carbocycles. The van der Waals surface area contributed by atoms with Crippen LogP contribution in [0.5, 0.6) is 11.5 Å². The zero-order valence-corrected chi connectivity index (χ0v) is 15.2. The second-order valence-electron chi connectivity index (χ2n) is 6.57. The Bertz CT molecular complexity index is 971. The Kier molecular flexibility index (Phi) is 4.17. The first-order chi connectivity index (χ1) is 12.6. The predicted octanol–water partition coefficient (Wildman–Crippen LogP) is 3.61. The molecule has 2 aromatic carbocycles. The molecule has 5 nitrogen and oxygen atoms in total. The van der Waals surface area contributed by atoms with E-state index in [-0.39, 0.29) is 0 Å². The molecule has 0 bridgehead atoms. The summed E-state index contributed by atoms with van der Waals surface area (Å²) in [6, 6.07) is 13.9. The smallest absolute Gasteiger partial charge is 0.129 e. The van der Waals surface area contributed by atoms with Gasteiger partial charge in [0.15, 0.2) is 0 Å². The van der Waals surface area contributed by atoms with Gasteiger partial charge in [-0.3, -0.25) is 0 Å². The fourth-order valence-electron chi connectivity index (χ4n) is 3.74. The summed E-state index contributed by atoms with van der Waals surface area (Å²) in [6.07, 6.45) is -0.669. The lowest BCUT2D eigenvalue weighted by Crippen LogP contribution is -2.34. The molecule has 0 amide bonds. The lowest BCUT2D eigenvalue weighted by Gasteiger charge is -2.35. The van der Waals surface area contributed by atoms with E-state index in [4.69, 9.17) is 14.5 Å². The summed E-state index contributed by atoms with van der Waals surface area (Å²) in [6.45, 7) is 3.16. The van der Waals surface area contributed by atoms with Crippen molar-refractivity contribution in [2.24, 2.45) is 0 Å². The van der Waals surface area contributed by atoms with Gasteiger partial charge in [0.25, 0.3) is 0 Å². The molecule has 26 heavy (non-hydrogen) atoms. The molecule has 1 aliphatic rings. The Morgan fingerprint density at radius 1 is 1.08 bits per heavy atom. The first-order valence-electron chi connectivity index (χ1n) is 8.65. The maximum atomic E-state index is 10.8. The van der Waals surface area contributed by atoms with Gasteiger partial charge in [-0.15, -0.1) is 0 Å². The molecule has 1 atom stereocenters.